The summed E-state index contributed by atoms with van der Waals surface area (Å²) in [4.78, 5) is 19.6. The van der Waals surface area contributed by atoms with Crippen molar-refractivity contribution in [3.8, 4) is 0 Å². The third kappa shape index (κ3) is 4.84. The Bertz CT molecular complexity index is 861. The lowest BCUT2D eigenvalue weighted by atomic mass is 10.1. The number of aryl methyl sites for hydroxylation is 1. The van der Waals surface area contributed by atoms with E-state index in [0.717, 1.165) is 0 Å². The molecule has 0 radical (unpaired) electrons. The zero-order chi connectivity index (χ0) is 21.7. The molecular formula is C18H29N7O5. The fraction of sp³-hybridized carbons (Fsp3) is 0.667. The minimum Gasteiger partial charge on any atom is -0.395 e. The molecule has 0 amide bonds. The monoisotopic (exact) mass is 423 g/mol. The number of fused-ring (bicyclic) bond motifs is 1. The number of nitrogens with zero attached hydrogens (tertiary/aromatic N) is 6. The number of oxime groups is 1. The quantitative estimate of drug-likeness (QED) is 0.254. The molecule has 12 nitrogen and oxygen atoms in total. The van der Waals surface area contributed by atoms with Gasteiger partial charge in [0, 0.05) is 19.7 Å². The van der Waals surface area contributed by atoms with E-state index in [2.05, 4.69) is 20.1 Å². The minimum atomic E-state index is -1.14. The maximum atomic E-state index is 10.6. The summed E-state index contributed by atoms with van der Waals surface area (Å²) >= 11 is 0. The van der Waals surface area contributed by atoms with Crippen LogP contribution in [0.4, 0.5) is 5.82 Å². The number of rotatable bonds is 10. The Hall–Kier alpha value is -2.38. The summed E-state index contributed by atoms with van der Waals surface area (Å²) in [5.41, 5.74) is 6.75. The van der Waals surface area contributed by atoms with E-state index in [1.807, 2.05) is 18.9 Å². The van der Waals surface area contributed by atoms with Gasteiger partial charge in [-0.15, -0.1) is 0 Å². The van der Waals surface area contributed by atoms with E-state index in [9.17, 15) is 10.2 Å². The second kappa shape index (κ2) is 10.1. The molecule has 1 fully saturated rings. The Morgan fingerprint density at radius 1 is 1.37 bits per heavy atom. The lowest BCUT2D eigenvalue weighted by Gasteiger charge is -2.22. The zero-order valence-electron chi connectivity index (χ0n) is 17.4. The number of ether oxygens (including phenoxy) is 2. The summed E-state index contributed by atoms with van der Waals surface area (Å²) < 4.78 is 12.8. The SMILES string of the molecule is CCOCC=NOCCN(C)C[C@H]1O[C@@H](n2c(C)nc3c(N)ncnc32)C(O)C1O. The molecular weight excluding hydrogens is 394 g/mol. The van der Waals surface area contributed by atoms with Crippen molar-refractivity contribution < 1.29 is 24.5 Å². The van der Waals surface area contributed by atoms with E-state index in [-0.39, 0.29) is 5.82 Å². The first-order valence-corrected chi connectivity index (χ1v) is 9.80. The molecule has 0 aliphatic carbocycles. The van der Waals surface area contributed by atoms with E-state index in [4.69, 9.17) is 20.0 Å². The number of hydrogen-bond acceptors (Lipinski definition) is 11. The van der Waals surface area contributed by atoms with Gasteiger partial charge in [0.25, 0.3) is 0 Å². The van der Waals surface area contributed by atoms with Crippen molar-refractivity contribution in [2.75, 3.05) is 45.7 Å². The number of nitrogen functional groups attached to an aromatic ring is 1. The molecule has 2 unspecified atom stereocenters. The van der Waals surface area contributed by atoms with Crippen LogP contribution in [0.2, 0.25) is 0 Å². The molecule has 0 spiro atoms. The zero-order valence-corrected chi connectivity index (χ0v) is 17.4. The second-order valence-electron chi connectivity index (χ2n) is 7.05. The van der Waals surface area contributed by atoms with Crippen LogP contribution < -0.4 is 5.73 Å². The average molecular weight is 423 g/mol. The number of aliphatic hydroxyl groups excluding tert-OH is 2. The van der Waals surface area contributed by atoms with Crippen LogP contribution in [0.3, 0.4) is 0 Å². The van der Waals surface area contributed by atoms with Crippen molar-refractivity contribution in [2.45, 2.75) is 38.4 Å². The highest BCUT2D eigenvalue weighted by molar-refractivity contribution is 5.81. The Morgan fingerprint density at radius 2 is 2.17 bits per heavy atom. The lowest BCUT2D eigenvalue weighted by molar-refractivity contribution is -0.0445. The van der Waals surface area contributed by atoms with E-state index in [0.29, 0.717) is 49.9 Å². The van der Waals surface area contributed by atoms with E-state index >= 15 is 0 Å². The first-order valence-electron chi connectivity index (χ1n) is 9.80. The molecule has 1 aliphatic heterocycles. The molecule has 1 saturated heterocycles. The Kier molecular flexibility index (Phi) is 7.50. The summed E-state index contributed by atoms with van der Waals surface area (Å²) in [6.45, 7) is 6.03. The van der Waals surface area contributed by atoms with E-state index in [1.165, 1.54) is 6.33 Å². The van der Waals surface area contributed by atoms with Gasteiger partial charge in [-0.3, -0.25) is 4.57 Å². The molecule has 166 valence electrons. The number of aromatic nitrogens is 4. The Balaban J connectivity index is 1.59. The van der Waals surface area contributed by atoms with Gasteiger partial charge in [-0.1, -0.05) is 5.16 Å². The second-order valence-corrected chi connectivity index (χ2v) is 7.05. The van der Waals surface area contributed by atoms with Crippen molar-refractivity contribution >= 4 is 23.2 Å². The predicted molar refractivity (Wildman–Crippen MR) is 109 cm³/mol. The van der Waals surface area contributed by atoms with Gasteiger partial charge in [-0.25, -0.2) is 15.0 Å². The van der Waals surface area contributed by atoms with Crippen LogP contribution in [0.25, 0.3) is 11.2 Å². The number of aliphatic hydroxyl groups is 2. The van der Waals surface area contributed by atoms with Crippen LogP contribution in [-0.4, -0.2) is 99.1 Å². The largest absolute Gasteiger partial charge is 0.395 e. The Labute approximate surface area is 174 Å². The maximum absolute atomic E-state index is 10.6. The van der Waals surface area contributed by atoms with Crippen LogP contribution in [-0.2, 0) is 14.3 Å². The molecule has 1 aliphatic rings. The molecule has 0 aromatic carbocycles. The number of imidazole rings is 1. The predicted octanol–water partition coefficient (Wildman–Crippen LogP) is -0.693. The highest BCUT2D eigenvalue weighted by atomic mass is 16.6. The molecule has 12 heteroatoms. The molecule has 2 aromatic heterocycles. The fourth-order valence-electron chi connectivity index (χ4n) is 3.33. The van der Waals surface area contributed by atoms with Crippen molar-refractivity contribution in [3.05, 3.63) is 12.2 Å². The first-order chi connectivity index (χ1) is 14.4. The van der Waals surface area contributed by atoms with E-state index in [1.54, 1.807) is 17.7 Å². The number of nitrogens with two attached hydrogens (primary N) is 1. The molecule has 2 aromatic rings. The third-order valence-corrected chi connectivity index (χ3v) is 4.87. The maximum Gasteiger partial charge on any atom is 0.167 e. The molecule has 30 heavy (non-hydrogen) atoms. The smallest absolute Gasteiger partial charge is 0.167 e. The summed E-state index contributed by atoms with van der Waals surface area (Å²) in [5, 5.41) is 24.9. The lowest BCUT2D eigenvalue weighted by Crippen LogP contribution is -2.39. The molecule has 0 saturated carbocycles. The average Bonchev–Trinajstić information content (AvgIpc) is 3.19. The van der Waals surface area contributed by atoms with Gasteiger partial charge in [0.1, 0.15) is 37.1 Å². The van der Waals surface area contributed by atoms with Gasteiger partial charge >= 0.3 is 0 Å². The van der Waals surface area contributed by atoms with Gasteiger partial charge in [0.05, 0.1) is 12.8 Å². The summed E-state index contributed by atoms with van der Waals surface area (Å²) in [7, 11) is 1.87. The van der Waals surface area contributed by atoms with E-state index < -0.39 is 24.5 Å². The van der Waals surface area contributed by atoms with Crippen LogP contribution in [0, 0.1) is 6.92 Å². The highest BCUT2D eigenvalue weighted by Crippen LogP contribution is 2.33. The van der Waals surface area contributed by atoms with Crippen LogP contribution in [0.5, 0.6) is 0 Å². The number of likely N-dealkylation sites (N-methyl/N-ethyl adjacent to an activating group) is 1. The molecule has 4 atom stereocenters. The summed E-state index contributed by atoms with van der Waals surface area (Å²) in [6, 6.07) is 0. The van der Waals surface area contributed by atoms with Crippen LogP contribution in [0.1, 0.15) is 19.0 Å². The summed E-state index contributed by atoms with van der Waals surface area (Å²) in [6.07, 6.45) is -0.768. The molecule has 4 N–H and O–H groups in total. The van der Waals surface area contributed by atoms with Gasteiger partial charge in [-0.05, 0) is 20.9 Å². The minimum absolute atomic E-state index is 0.245. The van der Waals surface area contributed by atoms with Gasteiger partial charge < -0.3 is 35.2 Å². The standard InChI is InChI=1S/C18H29N7O5/c1-4-28-7-5-22-29-8-6-24(3)9-12-14(26)15(27)18(30-12)25-11(2)23-13-16(19)20-10-21-17(13)25/h5,10,12,14-15,18,26-27H,4,6-9H2,1-3H3,(H2,19,20,21)/t12-,14?,15?,18-/m1/s1. The Morgan fingerprint density at radius 3 is 2.93 bits per heavy atom. The van der Waals surface area contributed by atoms with Crippen molar-refractivity contribution in [3.63, 3.8) is 0 Å². The topological polar surface area (TPSA) is 153 Å². The molecule has 0 bridgehead atoms. The molecule has 3 rings (SSSR count). The summed E-state index contributed by atoms with van der Waals surface area (Å²) in [5.74, 6) is 0.802. The number of anilines is 1. The highest BCUT2D eigenvalue weighted by Gasteiger charge is 2.45. The van der Waals surface area contributed by atoms with Gasteiger partial charge in [-0.2, -0.15) is 0 Å². The van der Waals surface area contributed by atoms with Crippen LogP contribution >= 0.6 is 0 Å². The van der Waals surface area contributed by atoms with Crippen molar-refractivity contribution in [2.24, 2.45) is 5.16 Å². The van der Waals surface area contributed by atoms with Crippen molar-refractivity contribution in [1.82, 2.24) is 24.4 Å². The van der Waals surface area contributed by atoms with Gasteiger partial charge in [0.2, 0.25) is 0 Å². The normalized spacial score (nSPS) is 24.5. The van der Waals surface area contributed by atoms with Crippen LogP contribution in [0.15, 0.2) is 11.5 Å². The fourth-order valence-corrected chi connectivity index (χ4v) is 3.33. The first kappa shape index (κ1) is 22.3. The van der Waals surface area contributed by atoms with Crippen molar-refractivity contribution in [1.29, 1.82) is 0 Å². The van der Waals surface area contributed by atoms with Gasteiger partial charge in [0.15, 0.2) is 23.2 Å². The third-order valence-electron chi connectivity index (χ3n) is 4.87. The molecule has 3 heterocycles. The number of hydrogen-bond donors (Lipinski definition) is 3.